The van der Waals surface area contributed by atoms with Gasteiger partial charge in [0.2, 0.25) is 0 Å². The fraction of sp³-hybridized carbons (Fsp3) is 0.0833. The highest BCUT2D eigenvalue weighted by molar-refractivity contribution is 5.92. The molecule has 4 nitrogen and oxygen atoms in total. The number of H-pyrrole nitrogens is 1. The number of fused-ring (bicyclic) bond motifs is 1. The van der Waals surface area contributed by atoms with Gasteiger partial charge in [-0.05, 0) is 19.1 Å². The highest BCUT2D eigenvalue weighted by atomic mass is 15.2. The van der Waals surface area contributed by atoms with E-state index in [1.807, 2.05) is 37.3 Å². The third-order valence-electron chi connectivity index (χ3n) is 2.50. The predicted molar refractivity (Wildman–Crippen MR) is 61.9 cm³/mol. The average Bonchev–Trinajstić information content (AvgIpc) is 2.81. The summed E-state index contributed by atoms with van der Waals surface area (Å²) in [4.78, 5) is 8.66. The Morgan fingerprint density at radius 2 is 2.06 bits per heavy atom. The second kappa shape index (κ2) is 3.41. The fourth-order valence-corrected chi connectivity index (χ4v) is 1.83. The lowest BCUT2D eigenvalue weighted by Crippen LogP contribution is -1.89. The molecule has 0 aliphatic heterocycles. The molecule has 0 amide bonds. The van der Waals surface area contributed by atoms with Crippen molar-refractivity contribution in [2.75, 3.05) is 0 Å². The van der Waals surface area contributed by atoms with Gasteiger partial charge in [-0.15, -0.1) is 0 Å². The minimum Gasteiger partial charge on any atom is -0.265 e. The molecule has 0 bridgehead atoms. The molecule has 2 heterocycles. The smallest absolute Gasteiger partial charge is 0.181 e. The number of rotatable bonds is 1. The van der Waals surface area contributed by atoms with Gasteiger partial charge >= 0.3 is 0 Å². The summed E-state index contributed by atoms with van der Waals surface area (Å²) in [6.07, 6.45) is 1.58. The van der Waals surface area contributed by atoms with Crippen molar-refractivity contribution in [1.82, 2.24) is 20.2 Å². The lowest BCUT2D eigenvalue weighted by Gasteiger charge is -2.04. The number of hydrogen-bond acceptors (Lipinski definition) is 3. The second-order valence-electron chi connectivity index (χ2n) is 3.65. The van der Waals surface area contributed by atoms with Gasteiger partial charge in [-0.1, -0.05) is 18.2 Å². The Labute approximate surface area is 92.4 Å². The van der Waals surface area contributed by atoms with Gasteiger partial charge in [-0.2, -0.15) is 5.10 Å². The van der Waals surface area contributed by atoms with Crippen LogP contribution in [-0.2, 0) is 0 Å². The van der Waals surface area contributed by atoms with E-state index in [9.17, 15) is 0 Å². The number of para-hydroxylation sites is 1. The van der Waals surface area contributed by atoms with Crippen molar-refractivity contribution in [3.05, 3.63) is 42.4 Å². The van der Waals surface area contributed by atoms with E-state index in [-0.39, 0.29) is 0 Å². The number of hydrogen-bond donors (Lipinski definition) is 1. The molecular weight excluding hydrogens is 200 g/mol. The predicted octanol–water partition coefficient (Wildman–Crippen LogP) is 2.33. The highest BCUT2D eigenvalue weighted by Crippen LogP contribution is 2.25. The van der Waals surface area contributed by atoms with Crippen LogP contribution >= 0.6 is 0 Å². The van der Waals surface area contributed by atoms with Crippen molar-refractivity contribution in [2.24, 2.45) is 0 Å². The summed E-state index contributed by atoms with van der Waals surface area (Å²) in [5.41, 5.74) is 2.96. The van der Waals surface area contributed by atoms with Crippen LogP contribution in [-0.4, -0.2) is 20.2 Å². The van der Waals surface area contributed by atoms with Crippen molar-refractivity contribution in [1.29, 1.82) is 0 Å². The van der Waals surface area contributed by atoms with Crippen LogP contribution in [0.15, 0.2) is 36.7 Å². The van der Waals surface area contributed by atoms with Gasteiger partial charge in [0.1, 0.15) is 6.33 Å². The molecule has 0 saturated carbocycles. The van der Waals surface area contributed by atoms with E-state index in [1.165, 1.54) is 0 Å². The Hall–Kier alpha value is -2.23. The molecule has 0 atom stereocenters. The van der Waals surface area contributed by atoms with E-state index in [0.29, 0.717) is 5.82 Å². The summed E-state index contributed by atoms with van der Waals surface area (Å²) in [5.74, 6) is 0.710. The quantitative estimate of drug-likeness (QED) is 0.670. The zero-order valence-corrected chi connectivity index (χ0v) is 8.81. The van der Waals surface area contributed by atoms with Crippen LogP contribution in [0.25, 0.3) is 22.3 Å². The number of nitrogens with one attached hydrogen (secondary N) is 1. The summed E-state index contributed by atoms with van der Waals surface area (Å²) in [7, 11) is 0. The van der Waals surface area contributed by atoms with Crippen LogP contribution in [0, 0.1) is 6.92 Å². The van der Waals surface area contributed by atoms with Gasteiger partial charge in [0, 0.05) is 16.6 Å². The standard InChI is InChI=1S/C12H10N4/c1-8-6-10(12-13-7-14-16-12)9-4-2-3-5-11(9)15-8/h2-7H,1H3,(H,13,14,16). The van der Waals surface area contributed by atoms with Crippen LogP contribution in [0.5, 0.6) is 0 Å². The van der Waals surface area contributed by atoms with Gasteiger partial charge in [-0.3, -0.25) is 10.1 Å². The Balaban J connectivity index is 2.39. The molecule has 1 aromatic carbocycles. The summed E-state index contributed by atoms with van der Waals surface area (Å²) < 4.78 is 0. The molecule has 0 aliphatic rings. The summed E-state index contributed by atoms with van der Waals surface area (Å²) in [6, 6.07) is 10.0. The van der Waals surface area contributed by atoms with Crippen molar-refractivity contribution in [2.45, 2.75) is 6.92 Å². The van der Waals surface area contributed by atoms with Crippen LogP contribution in [0.1, 0.15) is 5.69 Å². The van der Waals surface area contributed by atoms with E-state index in [4.69, 9.17) is 0 Å². The lowest BCUT2D eigenvalue weighted by atomic mass is 10.1. The maximum atomic E-state index is 4.48. The normalized spacial score (nSPS) is 10.8. The molecule has 16 heavy (non-hydrogen) atoms. The number of benzene rings is 1. The maximum Gasteiger partial charge on any atom is 0.181 e. The number of pyridine rings is 1. The monoisotopic (exact) mass is 210 g/mol. The molecule has 0 radical (unpaired) electrons. The molecule has 1 N–H and O–H groups in total. The van der Waals surface area contributed by atoms with E-state index in [1.54, 1.807) is 6.33 Å². The number of aromatic nitrogens is 4. The van der Waals surface area contributed by atoms with Crippen molar-refractivity contribution in [3.8, 4) is 11.4 Å². The van der Waals surface area contributed by atoms with E-state index in [0.717, 1.165) is 22.2 Å². The van der Waals surface area contributed by atoms with Crippen molar-refractivity contribution < 1.29 is 0 Å². The molecule has 0 saturated heterocycles. The molecule has 3 rings (SSSR count). The number of aryl methyl sites for hydroxylation is 1. The molecule has 0 aliphatic carbocycles. The van der Waals surface area contributed by atoms with Gasteiger partial charge in [0.25, 0.3) is 0 Å². The average molecular weight is 210 g/mol. The number of nitrogens with zero attached hydrogens (tertiary/aromatic N) is 3. The molecule has 0 unspecified atom stereocenters. The molecule has 0 spiro atoms. The fourth-order valence-electron chi connectivity index (χ4n) is 1.83. The first-order chi connectivity index (χ1) is 7.84. The van der Waals surface area contributed by atoms with Crippen molar-refractivity contribution in [3.63, 3.8) is 0 Å². The largest absolute Gasteiger partial charge is 0.265 e. The van der Waals surface area contributed by atoms with Crippen LogP contribution in [0.4, 0.5) is 0 Å². The molecule has 3 aromatic rings. The van der Waals surface area contributed by atoms with Crippen molar-refractivity contribution >= 4 is 10.9 Å². The summed E-state index contributed by atoms with van der Waals surface area (Å²) in [6.45, 7) is 1.97. The SMILES string of the molecule is Cc1cc(-c2nc[nH]n2)c2ccccc2n1. The van der Waals surface area contributed by atoms with E-state index in [2.05, 4.69) is 20.2 Å². The first-order valence-electron chi connectivity index (χ1n) is 5.07. The molecular formula is C12H10N4. The Morgan fingerprint density at radius 1 is 1.19 bits per heavy atom. The molecule has 78 valence electrons. The van der Waals surface area contributed by atoms with E-state index < -0.39 is 0 Å². The molecule has 0 fully saturated rings. The van der Waals surface area contributed by atoms with Gasteiger partial charge in [0.05, 0.1) is 5.52 Å². The van der Waals surface area contributed by atoms with E-state index >= 15 is 0 Å². The zero-order chi connectivity index (χ0) is 11.0. The first-order valence-corrected chi connectivity index (χ1v) is 5.07. The van der Waals surface area contributed by atoms with Crippen LogP contribution in [0.2, 0.25) is 0 Å². The summed E-state index contributed by atoms with van der Waals surface area (Å²) >= 11 is 0. The Morgan fingerprint density at radius 3 is 2.88 bits per heavy atom. The topological polar surface area (TPSA) is 54.5 Å². The van der Waals surface area contributed by atoms with Gasteiger partial charge < -0.3 is 0 Å². The Bertz CT molecular complexity index is 629. The van der Waals surface area contributed by atoms with Crippen LogP contribution in [0.3, 0.4) is 0 Å². The minimum absolute atomic E-state index is 0.710. The van der Waals surface area contributed by atoms with Crippen LogP contribution < -0.4 is 0 Å². The minimum atomic E-state index is 0.710. The number of aromatic amines is 1. The molecule has 2 aromatic heterocycles. The van der Waals surface area contributed by atoms with Gasteiger partial charge in [-0.25, -0.2) is 4.98 Å². The lowest BCUT2D eigenvalue weighted by molar-refractivity contribution is 1.09. The third kappa shape index (κ3) is 1.35. The highest BCUT2D eigenvalue weighted by Gasteiger charge is 2.08. The molecule has 4 heteroatoms. The summed E-state index contributed by atoms with van der Waals surface area (Å²) in [5, 5.41) is 7.92. The zero-order valence-electron chi connectivity index (χ0n) is 8.81. The Kier molecular flexibility index (Phi) is 1.93. The maximum absolute atomic E-state index is 4.48. The third-order valence-corrected chi connectivity index (χ3v) is 2.50. The second-order valence-corrected chi connectivity index (χ2v) is 3.65. The first kappa shape index (κ1) is 9.03. The van der Waals surface area contributed by atoms with Gasteiger partial charge in [0.15, 0.2) is 5.82 Å².